The van der Waals surface area contributed by atoms with Crippen LogP contribution in [0.25, 0.3) is 4.96 Å². The Morgan fingerprint density at radius 1 is 1.29 bits per heavy atom. The molecule has 1 atom stereocenters. The van der Waals surface area contributed by atoms with Crippen LogP contribution in [0.4, 0.5) is 17.6 Å². The van der Waals surface area contributed by atoms with E-state index in [1.807, 2.05) is 5.32 Å². The summed E-state index contributed by atoms with van der Waals surface area (Å²) in [7, 11) is 0. The van der Waals surface area contributed by atoms with Gasteiger partial charge in [0.2, 0.25) is 5.91 Å². The molecule has 0 aliphatic carbocycles. The quantitative estimate of drug-likeness (QED) is 0.607. The lowest BCUT2D eigenvalue weighted by atomic mass is 10.1. The first-order chi connectivity index (χ1) is 13.2. The molecule has 11 heteroatoms. The molecule has 0 radical (unpaired) electrons. The highest BCUT2D eigenvalue weighted by molar-refractivity contribution is 7.99. The van der Waals surface area contributed by atoms with Gasteiger partial charge in [-0.15, -0.1) is 23.1 Å². The van der Waals surface area contributed by atoms with Crippen molar-refractivity contribution in [3.05, 3.63) is 69.3 Å². The fraction of sp³-hybridized carbons (Fsp3) is 0.235. The number of amides is 1. The van der Waals surface area contributed by atoms with E-state index in [9.17, 15) is 27.2 Å². The lowest BCUT2D eigenvalue weighted by Crippen LogP contribution is -2.39. The highest BCUT2D eigenvalue weighted by atomic mass is 32.2. The zero-order chi connectivity index (χ0) is 20.3. The molecule has 0 aliphatic rings. The Balaban J connectivity index is 1.61. The summed E-state index contributed by atoms with van der Waals surface area (Å²) in [6.07, 6.45) is -3.13. The van der Waals surface area contributed by atoms with Crippen molar-refractivity contribution in [1.29, 1.82) is 0 Å². The fourth-order valence-corrected chi connectivity index (χ4v) is 3.89. The molecule has 148 valence electrons. The Kier molecular flexibility index (Phi) is 6.04. The molecule has 0 saturated carbocycles. The summed E-state index contributed by atoms with van der Waals surface area (Å²) in [4.78, 5) is 28.6. The first kappa shape index (κ1) is 20.3. The van der Waals surface area contributed by atoms with Gasteiger partial charge in [-0.2, -0.15) is 13.2 Å². The minimum Gasteiger partial charge on any atom is -0.340 e. The SMILES string of the molecule is O=C(CSCc1cc(=O)n2ccsc2n1)NC(c1ccc(F)cc1)C(F)(F)F. The number of fused-ring (bicyclic) bond motifs is 1. The monoisotopic (exact) mass is 431 g/mol. The van der Waals surface area contributed by atoms with Crippen LogP contribution in [0.2, 0.25) is 0 Å². The van der Waals surface area contributed by atoms with Crippen LogP contribution in [0.3, 0.4) is 0 Å². The topological polar surface area (TPSA) is 63.5 Å². The van der Waals surface area contributed by atoms with Crippen molar-refractivity contribution < 1.29 is 22.4 Å². The van der Waals surface area contributed by atoms with E-state index in [1.54, 1.807) is 11.6 Å². The maximum absolute atomic E-state index is 13.3. The molecular weight excluding hydrogens is 418 g/mol. The van der Waals surface area contributed by atoms with Crippen LogP contribution < -0.4 is 10.9 Å². The zero-order valence-electron chi connectivity index (χ0n) is 14.1. The number of hydrogen-bond acceptors (Lipinski definition) is 5. The van der Waals surface area contributed by atoms with Gasteiger partial charge in [0.1, 0.15) is 5.82 Å². The number of thiazole rings is 1. The van der Waals surface area contributed by atoms with Crippen molar-refractivity contribution in [3.8, 4) is 0 Å². The van der Waals surface area contributed by atoms with Crippen molar-refractivity contribution in [1.82, 2.24) is 14.7 Å². The third kappa shape index (κ3) is 4.90. The molecule has 1 amide bonds. The molecule has 0 fully saturated rings. The molecule has 1 unspecified atom stereocenters. The molecule has 0 spiro atoms. The Morgan fingerprint density at radius 3 is 2.68 bits per heavy atom. The van der Waals surface area contributed by atoms with Gasteiger partial charge in [-0.3, -0.25) is 14.0 Å². The lowest BCUT2D eigenvalue weighted by molar-refractivity contribution is -0.162. The Labute approximate surface area is 164 Å². The molecule has 2 heterocycles. The predicted octanol–water partition coefficient (Wildman–Crippen LogP) is 3.55. The summed E-state index contributed by atoms with van der Waals surface area (Å²) >= 11 is 2.32. The maximum atomic E-state index is 13.3. The Bertz CT molecular complexity index is 1030. The minimum atomic E-state index is -4.72. The summed E-state index contributed by atoms with van der Waals surface area (Å²) < 4.78 is 54.1. The highest BCUT2D eigenvalue weighted by Gasteiger charge is 2.41. The molecule has 3 rings (SSSR count). The van der Waals surface area contributed by atoms with Crippen molar-refractivity contribution in [2.45, 2.75) is 18.0 Å². The van der Waals surface area contributed by atoms with Gasteiger partial charge in [-0.25, -0.2) is 9.37 Å². The number of halogens is 4. The van der Waals surface area contributed by atoms with Crippen LogP contribution in [0.1, 0.15) is 17.3 Å². The van der Waals surface area contributed by atoms with E-state index in [0.717, 1.165) is 36.0 Å². The molecule has 1 N–H and O–H groups in total. The average molecular weight is 431 g/mol. The molecule has 0 saturated heterocycles. The number of thioether (sulfide) groups is 1. The van der Waals surface area contributed by atoms with E-state index in [4.69, 9.17) is 0 Å². The molecule has 3 aromatic rings. The third-order valence-corrected chi connectivity index (χ3v) is 5.40. The highest BCUT2D eigenvalue weighted by Crippen LogP contribution is 2.32. The van der Waals surface area contributed by atoms with Crippen molar-refractivity contribution >= 4 is 34.0 Å². The second-order valence-corrected chi connectivity index (χ2v) is 7.59. The summed E-state index contributed by atoms with van der Waals surface area (Å²) in [5, 5.41) is 3.63. The summed E-state index contributed by atoms with van der Waals surface area (Å²) in [5.74, 6) is -1.55. The molecule has 0 aliphatic heterocycles. The number of hydrogen-bond donors (Lipinski definition) is 1. The first-order valence-electron chi connectivity index (χ1n) is 7.89. The number of benzene rings is 1. The third-order valence-electron chi connectivity index (χ3n) is 3.68. The molecule has 28 heavy (non-hydrogen) atoms. The molecule has 5 nitrogen and oxygen atoms in total. The van der Waals surface area contributed by atoms with Crippen LogP contribution in [0.5, 0.6) is 0 Å². The van der Waals surface area contributed by atoms with Gasteiger partial charge in [0, 0.05) is 23.4 Å². The van der Waals surface area contributed by atoms with Crippen molar-refractivity contribution in [3.63, 3.8) is 0 Å². The smallest absolute Gasteiger partial charge is 0.340 e. The van der Waals surface area contributed by atoms with E-state index in [1.165, 1.54) is 21.8 Å². The normalized spacial score (nSPS) is 12.9. The van der Waals surface area contributed by atoms with Gasteiger partial charge in [0.25, 0.3) is 5.56 Å². The van der Waals surface area contributed by atoms with Gasteiger partial charge < -0.3 is 5.32 Å². The number of alkyl halides is 3. The van der Waals surface area contributed by atoms with Crippen molar-refractivity contribution in [2.75, 3.05) is 5.75 Å². The van der Waals surface area contributed by atoms with Crippen LogP contribution in [0, 0.1) is 5.82 Å². The standard InChI is InChI=1S/C17H13F4N3O2S2/c18-11-3-1-10(2-4-11)15(17(19,20)21)23-13(25)9-27-8-12-7-14(26)24-5-6-28-16(24)22-12/h1-7,15H,8-9H2,(H,23,25). The van der Waals surface area contributed by atoms with Gasteiger partial charge in [0.15, 0.2) is 11.0 Å². The van der Waals surface area contributed by atoms with Crippen LogP contribution >= 0.6 is 23.1 Å². The van der Waals surface area contributed by atoms with E-state index in [0.29, 0.717) is 10.7 Å². The lowest BCUT2D eigenvalue weighted by Gasteiger charge is -2.22. The van der Waals surface area contributed by atoms with E-state index >= 15 is 0 Å². The molecule has 2 aromatic heterocycles. The van der Waals surface area contributed by atoms with E-state index in [2.05, 4.69) is 4.98 Å². The number of aromatic nitrogens is 2. The fourth-order valence-electron chi connectivity index (χ4n) is 2.42. The zero-order valence-corrected chi connectivity index (χ0v) is 15.7. The average Bonchev–Trinajstić information content (AvgIpc) is 3.09. The molecular formula is C17H13F4N3O2S2. The van der Waals surface area contributed by atoms with Crippen molar-refractivity contribution in [2.24, 2.45) is 0 Å². The maximum Gasteiger partial charge on any atom is 0.412 e. The van der Waals surface area contributed by atoms with E-state index < -0.39 is 23.9 Å². The minimum absolute atomic E-state index is 0.199. The number of rotatable bonds is 6. The second-order valence-electron chi connectivity index (χ2n) is 5.73. The van der Waals surface area contributed by atoms with Crippen LogP contribution in [-0.2, 0) is 10.5 Å². The molecule has 1 aromatic carbocycles. The molecule has 0 bridgehead atoms. The number of nitrogens with one attached hydrogen (secondary N) is 1. The van der Waals surface area contributed by atoms with Gasteiger partial charge in [-0.05, 0) is 17.7 Å². The Morgan fingerprint density at radius 2 is 2.00 bits per heavy atom. The summed E-state index contributed by atoms with van der Waals surface area (Å²) in [5.41, 5.74) is -0.0824. The van der Waals surface area contributed by atoms with E-state index in [-0.39, 0.29) is 22.6 Å². The largest absolute Gasteiger partial charge is 0.412 e. The van der Waals surface area contributed by atoms with Gasteiger partial charge >= 0.3 is 6.18 Å². The van der Waals surface area contributed by atoms with Gasteiger partial charge in [0.05, 0.1) is 11.4 Å². The van der Waals surface area contributed by atoms with Crippen LogP contribution in [-0.4, -0.2) is 27.2 Å². The van der Waals surface area contributed by atoms with Crippen LogP contribution in [0.15, 0.2) is 46.7 Å². The number of carbonyl (C=O) groups excluding carboxylic acids is 1. The summed E-state index contributed by atoms with van der Waals surface area (Å²) in [6, 6.07) is 2.86. The Hall–Kier alpha value is -2.40. The second kappa shape index (κ2) is 8.31. The number of carbonyl (C=O) groups is 1. The predicted molar refractivity (Wildman–Crippen MR) is 98.8 cm³/mol. The number of nitrogens with zero attached hydrogens (tertiary/aromatic N) is 2. The van der Waals surface area contributed by atoms with Gasteiger partial charge in [-0.1, -0.05) is 12.1 Å². The first-order valence-corrected chi connectivity index (χ1v) is 9.92. The summed E-state index contributed by atoms with van der Waals surface area (Å²) in [6.45, 7) is 0.